The molecule has 1 aromatic carbocycles. The molecule has 0 atom stereocenters. The van der Waals surface area contributed by atoms with Crippen LogP contribution in [0, 0.1) is 5.82 Å². The Morgan fingerprint density at radius 1 is 1.26 bits per heavy atom. The number of ether oxygens (including phenoxy) is 1. The Balaban J connectivity index is 2.17. The van der Waals surface area contributed by atoms with Crippen molar-refractivity contribution < 1.29 is 9.13 Å². The molecule has 7 nitrogen and oxygen atoms in total. The molecular weight excluding hydrogens is 303 g/mol. The lowest BCUT2D eigenvalue weighted by Crippen LogP contribution is -2.39. The summed E-state index contributed by atoms with van der Waals surface area (Å²) in [5.41, 5.74) is 0.168. The van der Waals surface area contributed by atoms with Crippen LogP contribution in [0.1, 0.15) is 5.56 Å². The summed E-state index contributed by atoms with van der Waals surface area (Å²) in [6, 6.07) is 4.32. The minimum atomic E-state index is -0.545. The van der Waals surface area contributed by atoms with E-state index in [-0.39, 0.29) is 12.3 Å². The Kier molecular flexibility index (Phi) is 3.51. The quantitative estimate of drug-likeness (QED) is 0.710. The van der Waals surface area contributed by atoms with Gasteiger partial charge in [0.25, 0.3) is 5.56 Å². The van der Waals surface area contributed by atoms with Crippen molar-refractivity contribution >= 4 is 11.2 Å². The second kappa shape index (κ2) is 5.38. The van der Waals surface area contributed by atoms with Crippen LogP contribution in [-0.2, 0) is 20.6 Å². The molecule has 0 radical (unpaired) electrons. The zero-order valence-corrected chi connectivity index (χ0v) is 12.9. The molecule has 0 aliphatic rings. The van der Waals surface area contributed by atoms with E-state index in [2.05, 4.69) is 4.98 Å². The third kappa shape index (κ3) is 2.32. The molecule has 23 heavy (non-hydrogen) atoms. The van der Waals surface area contributed by atoms with Crippen molar-refractivity contribution in [3.05, 3.63) is 56.7 Å². The molecule has 0 saturated heterocycles. The van der Waals surface area contributed by atoms with Crippen molar-refractivity contribution in [2.75, 3.05) is 7.11 Å². The van der Waals surface area contributed by atoms with Gasteiger partial charge in [0.2, 0.25) is 0 Å². The normalized spacial score (nSPS) is 11.1. The highest BCUT2D eigenvalue weighted by Gasteiger charge is 2.15. The fraction of sp³-hybridized carbons (Fsp3) is 0.267. The van der Waals surface area contributed by atoms with Gasteiger partial charge in [-0.1, -0.05) is 6.07 Å². The highest BCUT2D eigenvalue weighted by atomic mass is 19.1. The number of hydrogen-bond acceptors (Lipinski definition) is 4. The summed E-state index contributed by atoms with van der Waals surface area (Å²) < 4.78 is 22.6. The van der Waals surface area contributed by atoms with Gasteiger partial charge in [0, 0.05) is 14.1 Å². The van der Waals surface area contributed by atoms with Crippen LogP contribution in [0.5, 0.6) is 5.75 Å². The Hall–Kier alpha value is -2.90. The topological polar surface area (TPSA) is 71.1 Å². The van der Waals surface area contributed by atoms with Crippen LogP contribution in [0.3, 0.4) is 0 Å². The molecular formula is C15H15FN4O3. The monoisotopic (exact) mass is 318 g/mol. The van der Waals surface area contributed by atoms with Gasteiger partial charge in [-0.2, -0.15) is 0 Å². The summed E-state index contributed by atoms with van der Waals surface area (Å²) in [7, 11) is 4.59. The van der Waals surface area contributed by atoms with Gasteiger partial charge in [-0.25, -0.2) is 14.2 Å². The average molecular weight is 318 g/mol. The fourth-order valence-corrected chi connectivity index (χ4v) is 2.53. The van der Waals surface area contributed by atoms with Crippen LogP contribution >= 0.6 is 0 Å². The molecule has 8 heteroatoms. The zero-order valence-electron chi connectivity index (χ0n) is 12.9. The van der Waals surface area contributed by atoms with Crippen LogP contribution in [0.2, 0.25) is 0 Å². The molecule has 3 rings (SSSR count). The molecule has 0 spiro atoms. The number of methoxy groups -OCH3 is 1. The number of halogens is 1. The van der Waals surface area contributed by atoms with E-state index in [1.807, 2.05) is 0 Å². The number of nitrogens with zero attached hydrogens (tertiary/aromatic N) is 4. The smallest absolute Gasteiger partial charge is 0.332 e. The molecule has 2 aromatic heterocycles. The van der Waals surface area contributed by atoms with E-state index in [0.717, 1.165) is 4.57 Å². The Bertz CT molecular complexity index is 1020. The van der Waals surface area contributed by atoms with Gasteiger partial charge in [-0.05, 0) is 17.7 Å². The van der Waals surface area contributed by atoms with Crippen LogP contribution in [-0.4, -0.2) is 25.8 Å². The van der Waals surface area contributed by atoms with Gasteiger partial charge in [0.1, 0.15) is 0 Å². The lowest BCUT2D eigenvalue weighted by molar-refractivity contribution is 0.386. The van der Waals surface area contributed by atoms with Crippen molar-refractivity contribution in [1.29, 1.82) is 0 Å². The molecule has 2 heterocycles. The van der Waals surface area contributed by atoms with E-state index in [0.29, 0.717) is 16.7 Å². The lowest BCUT2D eigenvalue weighted by Gasteiger charge is -2.09. The molecule has 0 amide bonds. The molecule has 0 aliphatic carbocycles. The Labute approximate surface area is 130 Å². The van der Waals surface area contributed by atoms with Gasteiger partial charge < -0.3 is 9.30 Å². The largest absolute Gasteiger partial charge is 0.494 e. The second-order valence-corrected chi connectivity index (χ2v) is 5.23. The van der Waals surface area contributed by atoms with E-state index in [9.17, 15) is 14.0 Å². The minimum Gasteiger partial charge on any atom is -0.494 e. The molecule has 0 N–H and O–H groups in total. The minimum absolute atomic E-state index is 0.0342. The summed E-state index contributed by atoms with van der Waals surface area (Å²) in [5.74, 6) is -0.437. The van der Waals surface area contributed by atoms with E-state index < -0.39 is 17.1 Å². The molecule has 0 fully saturated rings. The number of rotatable bonds is 3. The average Bonchev–Trinajstić information content (AvgIpc) is 2.91. The van der Waals surface area contributed by atoms with Crippen molar-refractivity contribution in [2.45, 2.75) is 6.54 Å². The third-order valence-corrected chi connectivity index (χ3v) is 3.76. The highest BCUT2D eigenvalue weighted by Crippen LogP contribution is 2.17. The maximum absolute atomic E-state index is 13.8. The number of aryl methyl sites for hydroxylation is 2. The van der Waals surface area contributed by atoms with Gasteiger partial charge in [0.05, 0.1) is 20.0 Å². The fourth-order valence-electron chi connectivity index (χ4n) is 2.53. The number of benzene rings is 1. The lowest BCUT2D eigenvalue weighted by atomic mass is 10.2. The van der Waals surface area contributed by atoms with Crippen molar-refractivity contribution in [2.24, 2.45) is 14.1 Å². The summed E-state index contributed by atoms with van der Waals surface area (Å²) in [6.07, 6.45) is 1.48. The zero-order chi connectivity index (χ0) is 16.7. The summed E-state index contributed by atoms with van der Waals surface area (Å²) in [5, 5.41) is 0. The van der Waals surface area contributed by atoms with Crippen LogP contribution in [0.25, 0.3) is 11.2 Å². The van der Waals surface area contributed by atoms with Gasteiger partial charge in [0.15, 0.2) is 22.7 Å². The number of fused-ring (bicyclic) bond motifs is 1. The Morgan fingerprint density at radius 2 is 2.00 bits per heavy atom. The predicted molar refractivity (Wildman–Crippen MR) is 82.3 cm³/mol. The first-order valence-corrected chi connectivity index (χ1v) is 6.87. The van der Waals surface area contributed by atoms with Gasteiger partial charge in [-0.15, -0.1) is 0 Å². The third-order valence-electron chi connectivity index (χ3n) is 3.76. The summed E-state index contributed by atoms with van der Waals surface area (Å²) in [6.45, 7) is -0.0342. The number of hydrogen-bond donors (Lipinski definition) is 0. The predicted octanol–water partition coefficient (Wildman–Crippen LogP) is 0.630. The number of aromatic nitrogens is 4. The molecule has 3 aromatic rings. The first kappa shape index (κ1) is 15.0. The molecule has 0 bridgehead atoms. The maximum Gasteiger partial charge on any atom is 0.332 e. The first-order valence-electron chi connectivity index (χ1n) is 6.87. The second-order valence-electron chi connectivity index (χ2n) is 5.23. The summed E-state index contributed by atoms with van der Waals surface area (Å²) in [4.78, 5) is 29.0. The molecule has 0 unspecified atom stereocenters. The van der Waals surface area contributed by atoms with E-state index in [1.165, 1.54) is 30.1 Å². The molecule has 120 valence electrons. The van der Waals surface area contributed by atoms with Gasteiger partial charge in [-0.3, -0.25) is 13.9 Å². The van der Waals surface area contributed by atoms with Gasteiger partial charge >= 0.3 is 5.69 Å². The van der Waals surface area contributed by atoms with Crippen LogP contribution < -0.4 is 16.0 Å². The van der Waals surface area contributed by atoms with Crippen LogP contribution in [0.15, 0.2) is 34.1 Å². The van der Waals surface area contributed by atoms with Crippen molar-refractivity contribution in [3.63, 3.8) is 0 Å². The van der Waals surface area contributed by atoms with E-state index in [4.69, 9.17) is 4.74 Å². The maximum atomic E-state index is 13.8. The first-order chi connectivity index (χ1) is 10.9. The highest BCUT2D eigenvalue weighted by molar-refractivity contribution is 5.69. The SMILES string of the molecule is COc1ccc(Cn2c(=O)c3c(ncn3C)n(C)c2=O)cc1F. The summed E-state index contributed by atoms with van der Waals surface area (Å²) >= 11 is 0. The standard InChI is InChI=1S/C15H15FN4O3/c1-18-8-17-13-12(18)14(21)20(15(22)19(13)2)7-9-4-5-11(23-3)10(16)6-9/h4-6,8H,7H2,1-3H3. The molecule has 0 saturated carbocycles. The van der Waals surface area contributed by atoms with E-state index in [1.54, 1.807) is 24.7 Å². The molecule has 0 aliphatic heterocycles. The number of imidazole rings is 1. The van der Waals surface area contributed by atoms with Crippen molar-refractivity contribution in [3.8, 4) is 5.75 Å². The van der Waals surface area contributed by atoms with E-state index >= 15 is 0 Å². The van der Waals surface area contributed by atoms with Crippen molar-refractivity contribution in [1.82, 2.24) is 18.7 Å². The van der Waals surface area contributed by atoms with Crippen LogP contribution in [0.4, 0.5) is 4.39 Å². The Morgan fingerprint density at radius 3 is 2.65 bits per heavy atom.